The van der Waals surface area contributed by atoms with Gasteiger partial charge in [-0.15, -0.1) is 0 Å². The van der Waals surface area contributed by atoms with E-state index in [-0.39, 0.29) is 0 Å². The molecule has 0 saturated heterocycles. The van der Waals surface area contributed by atoms with Crippen molar-refractivity contribution in [3.63, 3.8) is 0 Å². The van der Waals surface area contributed by atoms with Crippen molar-refractivity contribution in [2.75, 3.05) is 0 Å². The van der Waals surface area contributed by atoms with Crippen molar-refractivity contribution in [3.8, 4) is 0 Å². The van der Waals surface area contributed by atoms with Gasteiger partial charge in [0.15, 0.2) is 0 Å². The molecular formula is C18H23Br. The lowest BCUT2D eigenvalue weighted by molar-refractivity contribution is -0.329. The molecule has 102 valence electrons. The topological polar surface area (TPSA) is 0 Å². The Labute approximate surface area is 124 Å². The van der Waals surface area contributed by atoms with Gasteiger partial charge in [0.1, 0.15) is 0 Å². The molecule has 10 aliphatic rings. The third-order valence-corrected chi connectivity index (χ3v) is 11.7. The maximum atomic E-state index is 4.53. The van der Waals surface area contributed by atoms with Crippen LogP contribution in [-0.2, 0) is 0 Å². The molecular weight excluding hydrogens is 296 g/mol. The zero-order valence-corrected chi connectivity index (χ0v) is 13.1. The van der Waals surface area contributed by atoms with Gasteiger partial charge in [-0.1, -0.05) is 15.9 Å². The lowest BCUT2D eigenvalue weighted by atomic mass is 9.22. The first kappa shape index (κ1) is 10.2. The second-order valence-electron chi connectivity index (χ2n) is 9.64. The molecule has 0 aromatic heterocycles. The highest BCUT2D eigenvalue weighted by atomic mass is 79.9. The molecule has 0 aromatic carbocycles. The van der Waals surface area contributed by atoms with Crippen molar-refractivity contribution in [1.82, 2.24) is 0 Å². The first-order valence-electron chi connectivity index (χ1n) is 8.91. The highest BCUT2D eigenvalue weighted by Crippen LogP contribution is 2.87. The smallest absolute Gasteiger partial charge is 0.0379 e. The zero-order chi connectivity index (χ0) is 12.1. The molecule has 1 heteroatoms. The van der Waals surface area contributed by atoms with Crippen LogP contribution in [0.25, 0.3) is 0 Å². The molecule has 19 heavy (non-hydrogen) atoms. The van der Waals surface area contributed by atoms with E-state index in [1.807, 2.05) is 0 Å². The fourth-order valence-corrected chi connectivity index (χ4v) is 11.8. The van der Waals surface area contributed by atoms with Crippen LogP contribution in [0.2, 0.25) is 0 Å². The number of rotatable bonds is 0. The molecule has 0 nitrogen and oxygen atoms in total. The Balaban J connectivity index is 1.59. The van der Waals surface area contributed by atoms with Crippen molar-refractivity contribution < 1.29 is 0 Å². The first-order valence-corrected chi connectivity index (χ1v) is 9.70. The molecule has 1 spiro atoms. The van der Waals surface area contributed by atoms with Gasteiger partial charge >= 0.3 is 0 Å². The summed E-state index contributed by atoms with van der Waals surface area (Å²) in [7, 11) is 0. The third-order valence-electron chi connectivity index (χ3n) is 9.77. The van der Waals surface area contributed by atoms with Gasteiger partial charge in [0.05, 0.1) is 0 Å². The van der Waals surface area contributed by atoms with Crippen molar-refractivity contribution in [1.29, 1.82) is 0 Å². The van der Waals surface area contributed by atoms with E-state index in [0.29, 0.717) is 4.32 Å². The summed E-state index contributed by atoms with van der Waals surface area (Å²) in [5, 5.41) is 0. The van der Waals surface area contributed by atoms with Crippen molar-refractivity contribution >= 4 is 15.9 Å². The Morgan fingerprint density at radius 1 is 0.684 bits per heavy atom. The van der Waals surface area contributed by atoms with E-state index >= 15 is 0 Å². The van der Waals surface area contributed by atoms with Crippen molar-refractivity contribution in [2.45, 2.75) is 49.3 Å². The van der Waals surface area contributed by atoms with Crippen molar-refractivity contribution in [3.05, 3.63) is 0 Å². The van der Waals surface area contributed by atoms with Crippen LogP contribution in [0, 0.1) is 58.7 Å². The standard InChI is InChI=1S/C18H23Br/c19-18-14-3-8-1-12-10(14)5-11-13-2-9(4-15(11)18)7-17(18,6-8)16(12)13/h8-16H,1-7H2/t8-,9+,10-,11+,12+,13-,14-,15-,16?,17?,18?/m0/s1. The Kier molecular flexibility index (Phi) is 1.41. The SMILES string of the molecule is BrC12[C@H]3C[C@H]4C[C@@H]5C6[C@@H]7C[C@@H](C[C@H]1[C@H]7C[C@H]53)CC62C4. The lowest BCUT2D eigenvalue weighted by Crippen LogP contribution is -2.83. The fourth-order valence-electron chi connectivity index (χ4n) is 10.2. The second-order valence-corrected chi connectivity index (χ2v) is 10.9. The molecule has 0 amide bonds. The van der Waals surface area contributed by atoms with Gasteiger partial charge in [-0.05, 0) is 104 Å². The quantitative estimate of drug-likeness (QED) is 0.578. The summed E-state index contributed by atoms with van der Waals surface area (Å²) in [6, 6.07) is 0. The van der Waals surface area contributed by atoms with Crippen LogP contribution < -0.4 is 0 Å². The maximum absolute atomic E-state index is 4.53. The van der Waals surface area contributed by atoms with Crippen LogP contribution in [0.4, 0.5) is 0 Å². The molecule has 0 aliphatic heterocycles. The number of hydrogen-bond acceptors (Lipinski definition) is 0. The third kappa shape index (κ3) is 0.756. The van der Waals surface area contributed by atoms with Crippen LogP contribution in [0.5, 0.6) is 0 Å². The number of hydrogen-bond donors (Lipinski definition) is 0. The van der Waals surface area contributed by atoms with E-state index in [4.69, 9.17) is 0 Å². The van der Waals surface area contributed by atoms with E-state index in [9.17, 15) is 0 Å². The lowest BCUT2D eigenvalue weighted by Gasteiger charge is -2.86. The van der Waals surface area contributed by atoms with E-state index in [2.05, 4.69) is 15.9 Å². The van der Waals surface area contributed by atoms with E-state index < -0.39 is 0 Å². The van der Waals surface area contributed by atoms with Gasteiger partial charge in [-0.3, -0.25) is 0 Å². The van der Waals surface area contributed by atoms with Crippen LogP contribution in [0.3, 0.4) is 0 Å². The van der Waals surface area contributed by atoms with Crippen LogP contribution in [0.1, 0.15) is 44.9 Å². The summed E-state index contributed by atoms with van der Waals surface area (Å²) in [4.78, 5) is 0. The second kappa shape index (κ2) is 2.61. The minimum Gasteiger partial charge on any atom is -0.0841 e. The monoisotopic (exact) mass is 318 g/mol. The molecule has 11 atom stereocenters. The Morgan fingerprint density at radius 2 is 1.26 bits per heavy atom. The first-order chi connectivity index (χ1) is 9.22. The molecule has 11 bridgehead atoms. The number of alkyl halides is 1. The predicted molar refractivity (Wildman–Crippen MR) is 77.8 cm³/mol. The Bertz CT molecular complexity index is 474. The van der Waals surface area contributed by atoms with Crippen LogP contribution in [-0.4, -0.2) is 4.32 Å². The van der Waals surface area contributed by atoms with Gasteiger partial charge in [0.25, 0.3) is 0 Å². The van der Waals surface area contributed by atoms with Crippen LogP contribution >= 0.6 is 15.9 Å². The van der Waals surface area contributed by atoms with E-state index in [1.165, 1.54) is 17.8 Å². The fraction of sp³-hybridized carbons (Fsp3) is 1.00. The zero-order valence-electron chi connectivity index (χ0n) is 11.5. The molecule has 10 fully saturated rings. The normalized spacial score (nSPS) is 80.4. The summed E-state index contributed by atoms with van der Waals surface area (Å²) < 4.78 is 0.638. The summed E-state index contributed by atoms with van der Waals surface area (Å²) in [5.41, 5.74) is 0.799. The minimum atomic E-state index is 0.638. The minimum absolute atomic E-state index is 0.638. The van der Waals surface area contributed by atoms with E-state index in [0.717, 1.165) is 40.9 Å². The number of halogens is 1. The molecule has 10 rings (SSSR count). The molecule has 0 N–H and O–H groups in total. The Morgan fingerprint density at radius 3 is 1.84 bits per heavy atom. The van der Waals surface area contributed by atoms with Gasteiger partial charge in [0, 0.05) is 4.32 Å². The van der Waals surface area contributed by atoms with Gasteiger partial charge in [-0.2, -0.15) is 0 Å². The summed E-state index contributed by atoms with van der Waals surface area (Å²) in [6.07, 6.45) is 11.4. The summed E-state index contributed by atoms with van der Waals surface area (Å²) >= 11 is 4.53. The van der Waals surface area contributed by atoms with Gasteiger partial charge in [0.2, 0.25) is 0 Å². The molecule has 0 aromatic rings. The van der Waals surface area contributed by atoms with Gasteiger partial charge in [-0.25, -0.2) is 0 Å². The molecule has 10 aliphatic carbocycles. The predicted octanol–water partition coefficient (Wildman–Crippen LogP) is 4.48. The molecule has 0 radical (unpaired) electrons. The molecule has 0 heterocycles. The highest BCUT2D eigenvalue weighted by Gasteiger charge is 2.83. The van der Waals surface area contributed by atoms with E-state index in [1.54, 1.807) is 44.9 Å². The largest absolute Gasteiger partial charge is 0.0841 e. The maximum Gasteiger partial charge on any atom is 0.0379 e. The average molecular weight is 319 g/mol. The summed E-state index contributed by atoms with van der Waals surface area (Å²) in [5.74, 6) is 10.3. The Hall–Kier alpha value is 0.480. The summed E-state index contributed by atoms with van der Waals surface area (Å²) in [6.45, 7) is 0. The van der Waals surface area contributed by atoms with Crippen molar-refractivity contribution in [2.24, 2.45) is 58.7 Å². The molecule has 10 saturated carbocycles. The highest BCUT2D eigenvalue weighted by molar-refractivity contribution is 9.10. The average Bonchev–Trinajstić information content (AvgIpc) is 2.40. The van der Waals surface area contributed by atoms with Gasteiger partial charge < -0.3 is 0 Å². The molecule has 3 unspecified atom stereocenters. The van der Waals surface area contributed by atoms with Crippen LogP contribution in [0.15, 0.2) is 0 Å².